The van der Waals surface area contributed by atoms with Crippen molar-refractivity contribution in [1.82, 2.24) is 10.6 Å². The van der Waals surface area contributed by atoms with Gasteiger partial charge in [0.1, 0.15) is 0 Å². The third-order valence-electron chi connectivity index (χ3n) is 3.82. The van der Waals surface area contributed by atoms with E-state index in [1.165, 1.54) is 30.6 Å². The summed E-state index contributed by atoms with van der Waals surface area (Å²) in [5.74, 6) is 0.108. The summed E-state index contributed by atoms with van der Waals surface area (Å²) in [6, 6.07) is 4.75. The van der Waals surface area contributed by atoms with Gasteiger partial charge in [0.25, 0.3) is 0 Å². The Morgan fingerprint density at radius 1 is 1.42 bits per heavy atom. The van der Waals surface area contributed by atoms with E-state index in [4.69, 9.17) is 0 Å². The van der Waals surface area contributed by atoms with E-state index >= 15 is 0 Å². The van der Waals surface area contributed by atoms with Crippen molar-refractivity contribution in [3.63, 3.8) is 0 Å². The Morgan fingerprint density at radius 3 is 2.79 bits per heavy atom. The van der Waals surface area contributed by atoms with Crippen LogP contribution in [-0.2, 0) is 10.2 Å². The van der Waals surface area contributed by atoms with Gasteiger partial charge in [0.15, 0.2) is 0 Å². The summed E-state index contributed by atoms with van der Waals surface area (Å²) < 4.78 is 0. The monoisotopic (exact) mass is 280 g/mol. The fourth-order valence-corrected chi connectivity index (χ4v) is 3.35. The van der Waals surface area contributed by atoms with Gasteiger partial charge in [-0.05, 0) is 24.3 Å². The number of carbonyl (C=O) groups is 1. The number of rotatable bonds is 6. The maximum atomic E-state index is 11.8. The predicted molar refractivity (Wildman–Crippen MR) is 80.6 cm³/mol. The van der Waals surface area contributed by atoms with Crippen LogP contribution in [-0.4, -0.2) is 25.0 Å². The molecule has 0 saturated heterocycles. The van der Waals surface area contributed by atoms with Crippen molar-refractivity contribution in [2.45, 2.75) is 51.0 Å². The molecule has 2 rings (SSSR count). The Hall–Kier alpha value is -0.870. The Morgan fingerprint density at radius 2 is 2.16 bits per heavy atom. The van der Waals surface area contributed by atoms with Crippen molar-refractivity contribution in [3.05, 3.63) is 22.4 Å². The van der Waals surface area contributed by atoms with Gasteiger partial charge in [0.05, 0.1) is 6.54 Å². The van der Waals surface area contributed by atoms with Crippen LogP contribution in [0.5, 0.6) is 0 Å². The van der Waals surface area contributed by atoms with Crippen LogP contribution < -0.4 is 10.6 Å². The Bertz CT molecular complexity index is 394. The molecule has 1 aliphatic rings. The molecule has 1 amide bonds. The third kappa shape index (κ3) is 4.32. The van der Waals surface area contributed by atoms with Gasteiger partial charge in [-0.3, -0.25) is 4.79 Å². The van der Waals surface area contributed by atoms with Crippen molar-refractivity contribution in [1.29, 1.82) is 0 Å². The molecule has 0 spiro atoms. The van der Waals surface area contributed by atoms with Gasteiger partial charge in [-0.1, -0.05) is 32.8 Å². The van der Waals surface area contributed by atoms with Crippen LogP contribution in [0.25, 0.3) is 0 Å². The molecule has 1 fully saturated rings. The Balaban J connectivity index is 1.70. The van der Waals surface area contributed by atoms with Crippen LogP contribution in [0.1, 0.15) is 44.4 Å². The normalized spacial score (nSPS) is 16.7. The highest BCUT2D eigenvalue weighted by atomic mass is 32.1. The van der Waals surface area contributed by atoms with Crippen LogP contribution in [0.3, 0.4) is 0 Å². The lowest BCUT2D eigenvalue weighted by Gasteiger charge is -2.24. The first-order chi connectivity index (χ1) is 9.08. The summed E-state index contributed by atoms with van der Waals surface area (Å²) in [4.78, 5) is 13.2. The lowest BCUT2D eigenvalue weighted by molar-refractivity contribution is -0.120. The molecule has 1 aromatic heterocycles. The quantitative estimate of drug-likeness (QED) is 0.841. The van der Waals surface area contributed by atoms with Crippen molar-refractivity contribution in [2.75, 3.05) is 13.1 Å². The highest BCUT2D eigenvalue weighted by Gasteiger charge is 2.22. The van der Waals surface area contributed by atoms with Gasteiger partial charge in [-0.25, -0.2) is 0 Å². The van der Waals surface area contributed by atoms with Crippen LogP contribution in [0.2, 0.25) is 0 Å². The van der Waals surface area contributed by atoms with E-state index in [0.29, 0.717) is 19.1 Å². The second-order valence-corrected chi connectivity index (χ2v) is 6.95. The number of nitrogens with one attached hydrogen (secondary N) is 2. The molecule has 19 heavy (non-hydrogen) atoms. The minimum absolute atomic E-state index is 0.0111. The van der Waals surface area contributed by atoms with Gasteiger partial charge in [-0.2, -0.15) is 0 Å². The topological polar surface area (TPSA) is 41.1 Å². The molecule has 0 radical (unpaired) electrons. The molecule has 106 valence electrons. The number of thiophene rings is 1. The molecule has 1 heterocycles. The molecule has 0 aliphatic heterocycles. The first-order valence-electron chi connectivity index (χ1n) is 7.12. The molecule has 1 saturated carbocycles. The highest BCUT2D eigenvalue weighted by molar-refractivity contribution is 7.10. The number of hydrogen-bond donors (Lipinski definition) is 2. The summed E-state index contributed by atoms with van der Waals surface area (Å²) in [6.07, 6.45) is 5.03. The molecule has 0 unspecified atom stereocenters. The van der Waals surface area contributed by atoms with Gasteiger partial charge in [-0.15, -0.1) is 11.3 Å². The van der Waals surface area contributed by atoms with Crippen molar-refractivity contribution < 1.29 is 4.79 Å². The fraction of sp³-hybridized carbons (Fsp3) is 0.667. The lowest BCUT2D eigenvalue weighted by atomic mass is 9.91. The standard InChI is InChI=1S/C15H24N2OS/c1-15(2,13-8-5-9-19-13)11-17-14(18)10-16-12-6-3-4-7-12/h5,8-9,12,16H,3-4,6-7,10-11H2,1-2H3,(H,17,18). The van der Waals surface area contributed by atoms with E-state index in [0.717, 1.165) is 0 Å². The molecule has 4 heteroatoms. The van der Waals surface area contributed by atoms with E-state index in [2.05, 4.69) is 42.0 Å². The summed E-state index contributed by atoms with van der Waals surface area (Å²) in [6.45, 7) is 5.48. The summed E-state index contributed by atoms with van der Waals surface area (Å²) in [5.41, 5.74) is 0.0111. The minimum atomic E-state index is 0.0111. The van der Waals surface area contributed by atoms with E-state index in [9.17, 15) is 4.79 Å². The van der Waals surface area contributed by atoms with E-state index < -0.39 is 0 Å². The fourth-order valence-electron chi connectivity index (χ4n) is 2.50. The van der Waals surface area contributed by atoms with Gasteiger partial charge in [0.2, 0.25) is 5.91 Å². The molecule has 1 aliphatic carbocycles. The third-order valence-corrected chi connectivity index (χ3v) is 5.06. The van der Waals surface area contributed by atoms with Crippen LogP contribution in [0, 0.1) is 0 Å². The number of amides is 1. The first-order valence-corrected chi connectivity index (χ1v) is 8.00. The average molecular weight is 280 g/mol. The molecule has 0 aromatic carbocycles. The zero-order valence-electron chi connectivity index (χ0n) is 11.9. The Kier molecular flexibility index (Phi) is 4.99. The molecule has 1 aromatic rings. The molecular formula is C15H24N2OS. The van der Waals surface area contributed by atoms with Crippen LogP contribution >= 0.6 is 11.3 Å². The van der Waals surface area contributed by atoms with E-state index in [1.54, 1.807) is 11.3 Å². The highest BCUT2D eigenvalue weighted by Crippen LogP contribution is 2.26. The van der Waals surface area contributed by atoms with E-state index in [-0.39, 0.29) is 11.3 Å². The second kappa shape index (κ2) is 6.53. The van der Waals surface area contributed by atoms with Gasteiger partial charge < -0.3 is 10.6 Å². The van der Waals surface area contributed by atoms with Crippen molar-refractivity contribution in [3.8, 4) is 0 Å². The number of carbonyl (C=O) groups excluding carboxylic acids is 1. The molecule has 0 bridgehead atoms. The zero-order valence-corrected chi connectivity index (χ0v) is 12.7. The van der Waals surface area contributed by atoms with Crippen LogP contribution in [0.4, 0.5) is 0 Å². The first kappa shape index (κ1) is 14.5. The lowest BCUT2D eigenvalue weighted by Crippen LogP contribution is -2.42. The molecule has 0 atom stereocenters. The van der Waals surface area contributed by atoms with Crippen molar-refractivity contribution >= 4 is 17.2 Å². The summed E-state index contributed by atoms with van der Waals surface area (Å²) in [7, 11) is 0. The zero-order chi connectivity index (χ0) is 13.7. The van der Waals surface area contributed by atoms with Crippen LogP contribution in [0.15, 0.2) is 17.5 Å². The smallest absolute Gasteiger partial charge is 0.233 e. The molecular weight excluding hydrogens is 256 g/mol. The number of hydrogen-bond acceptors (Lipinski definition) is 3. The minimum Gasteiger partial charge on any atom is -0.354 e. The average Bonchev–Trinajstić information content (AvgIpc) is 3.06. The maximum Gasteiger partial charge on any atom is 0.233 e. The second-order valence-electron chi connectivity index (χ2n) is 6.00. The molecule has 3 nitrogen and oxygen atoms in total. The SMILES string of the molecule is CC(C)(CNC(=O)CNC1CCCC1)c1cccs1. The summed E-state index contributed by atoms with van der Waals surface area (Å²) >= 11 is 1.75. The predicted octanol–water partition coefficient (Wildman–Crippen LogP) is 2.67. The Labute approximate surface area is 119 Å². The molecule has 2 N–H and O–H groups in total. The largest absolute Gasteiger partial charge is 0.354 e. The van der Waals surface area contributed by atoms with Crippen molar-refractivity contribution in [2.24, 2.45) is 0 Å². The summed E-state index contributed by atoms with van der Waals surface area (Å²) in [5, 5.41) is 8.47. The maximum absolute atomic E-state index is 11.8. The van der Waals surface area contributed by atoms with E-state index in [1.807, 2.05) is 0 Å². The van der Waals surface area contributed by atoms with Gasteiger partial charge in [0, 0.05) is 22.9 Å². The van der Waals surface area contributed by atoms with Gasteiger partial charge >= 0.3 is 0 Å².